The normalized spacial score (nSPS) is 10.1. The van der Waals surface area contributed by atoms with Crippen molar-refractivity contribution < 1.29 is 0 Å². The molecule has 2 aromatic rings. The molecule has 0 amide bonds. The fourth-order valence-corrected chi connectivity index (χ4v) is 1.07. The maximum absolute atomic E-state index is 4.03. The van der Waals surface area contributed by atoms with Crippen LogP contribution in [0.25, 0.3) is 11.4 Å². The fourth-order valence-electron chi connectivity index (χ4n) is 1.07. The standard InChI is InChI=1S/C10H10N4/c1-7-3-5-9(13-11-7)10-6-4-8(2)12-14-10/h3-6H,1-2H3. The van der Waals surface area contributed by atoms with Crippen molar-refractivity contribution in [2.24, 2.45) is 0 Å². The summed E-state index contributed by atoms with van der Waals surface area (Å²) in [4.78, 5) is 0. The van der Waals surface area contributed by atoms with Gasteiger partial charge in [-0.05, 0) is 38.1 Å². The second-order valence-electron chi connectivity index (χ2n) is 3.12. The Morgan fingerprint density at radius 1 is 0.643 bits per heavy atom. The van der Waals surface area contributed by atoms with Crippen LogP contribution >= 0.6 is 0 Å². The molecule has 2 heterocycles. The summed E-state index contributed by atoms with van der Waals surface area (Å²) in [5.41, 5.74) is 3.30. The van der Waals surface area contributed by atoms with E-state index in [1.165, 1.54) is 0 Å². The zero-order chi connectivity index (χ0) is 9.97. The molecule has 0 radical (unpaired) electrons. The van der Waals surface area contributed by atoms with E-state index in [-0.39, 0.29) is 0 Å². The lowest BCUT2D eigenvalue weighted by Gasteiger charge is -1.98. The average Bonchev–Trinajstić information content (AvgIpc) is 2.21. The van der Waals surface area contributed by atoms with Crippen molar-refractivity contribution in [3.8, 4) is 11.4 Å². The molecular formula is C10H10N4. The first-order chi connectivity index (χ1) is 6.75. The van der Waals surface area contributed by atoms with Gasteiger partial charge >= 0.3 is 0 Å². The summed E-state index contributed by atoms with van der Waals surface area (Å²) in [6, 6.07) is 7.59. The second kappa shape index (κ2) is 3.49. The van der Waals surface area contributed by atoms with Crippen molar-refractivity contribution in [3.63, 3.8) is 0 Å². The molecule has 0 bridgehead atoms. The largest absolute Gasteiger partial charge is 0.155 e. The molecule has 14 heavy (non-hydrogen) atoms. The van der Waals surface area contributed by atoms with E-state index in [1.807, 2.05) is 38.1 Å². The van der Waals surface area contributed by atoms with Gasteiger partial charge in [-0.1, -0.05) is 0 Å². The number of rotatable bonds is 1. The van der Waals surface area contributed by atoms with Crippen LogP contribution in [-0.4, -0.2) is 20.4 Å². The van der Waals surface area contributed by atoms with Crippen LogP contribution in [0, 0.1) is 13.8 Å². The van der Waals surface area contributed by atoms with E-state index in [0.29, 0.717) is 0 Å². The molecule has 0 aliphatic carbocycles. The molecule has 0 saturated heterocycles. The molecule has 4 nitrogen and oxygen atoms in total. The van der Waals surface area contributed by atoms with E-state index in [9.17, 15) is 0 Å². The summed E-state index contributed by atoms with van der Waals surface area (Å²) in [6.07, 6.45) is 0. The quantitative estimate of drug-likeness (QED) is 0.678. The minimum Gasteiger partial charge on any atom is -0.155 e. The van der Waals surface area contributed by atoms with Crippen LogP contribution < -0.4 is 0 Å². The molecule has 0 aliphatic rings. The highest BCUT2D eigenvalue weighted by Crippen LogP contribution is 2.11. The molecule has 70 valence electrons. The van der Waals surface area contributed by atoms with E-state index < -0.39 is 0 Å². The second-order valence-corrected chi connectivity index (χ2v) is 3.12. The van der Waals surface area contributed by atoms with E-state index in [2.05, 4.69) is 20.4 Å². The summed E-state index contributed by atoms with van der Waals surface area (Å²) in [6.45, 7) is 3.80. The summed E-state index contributed by atoms with van der Waals surface area (Å²) >= 11 is 0. The van der Waals surface area contributed by atoms with E-state index in [4.69, 9.17) is 0 Å². The molecule has 0 aromatic carbocycles. The van der Waals surface area contributed by atoms with Gasteiger partial charge in [0.25, 0.3) is 0 Å². The minimum atomic E-state index is 0.753. The SMILES string of the molecule is Cc1ccc(-c2ccc(C)nn2)nn1. The number of aromatic nitrogens is 4. The van der Waals surface area contributed by atoms with Crippen LogP contribution in [0.1, 0.15) is 11.4 Å². The predicted octanol–water partition coefficient (Wildman–Crippen LogP) is 1.55. The molecule has 0 saturated carbocycles. The van der Waals surface area contributed by atoms with Gasteiger partial charge in [0.2, 0.25) is 0 Å². The monoisotopic (exact) mass is 186 g/mol. The van der Waals surface area contributed by atoms with Crippen molar-refractivity contribution >= 4 is 0 Å². The van der Waals surface area contributed by atoms with Crippen LogP contribution in [0.2, 0.25) is 0 Å². The Kier molecular flexibility index (Phi) is 2.18. The van der Waals surface area contributed by atoms with Crippen molar-refractivity contribution in [2.75, 3.05) is 0 Å². The number of nitrogens with zero attached hydrogens (tertiary/aromatic N) is 4. The first-order valence-corrected chi connectivity index (χ1v) is 4.37. The van der Waals surface area contributed by atoms with Gasteiger partial charge in [-0.15, -0.1) is 10.2 Å². The van der Waals surface area contributed by atoms with Gasteiger partial charge in [0, 0.05) is 0 Å². The zero-order valence-corrected chi connectivity index (χ0v) is 8.10. The van der Waals surface area contributed by atoms with E-state index in [0.717, 1.165) is 22.8 Å². The third-order valence-corrected chi connectivity index (χ3v) is 1.86. The molecule has 0 fully saturated rings. The van der Waals surface area contributed by atoms with Crippen molar-refractivity contribution in [1.29, 1.82) is 0 Å². The minimum absolute atomic E-state index is 0.753. The first kappa shape index (κ1) is 8.74. The van der Waals surface area contributed by atoms with Crippen LogP contribution in [-0.2, 0) is 0 Å². The van der Waals surface area contributed by atoms with Gasteiger partial charge in [0.1, 0.15) is 11.4 Å². The Hall–Kier alpha value is -1.84. The summed E-state index contributed by atoms with van der Waals surface area (Å²) in [7, 11) is 0. The Morgan fingerprint density at radius 2 is 1.07 bits per heavy atom. The molecule has 0 spiro atoms. The van der Waals surface area contributed by atoms with E-state index in [1.54, 1.807) is 0 Å². The number of hydrogen-bond acceptors (Lipinski definition) is 4. The molecule has 4 heteroatoms. The highest BCUT2D eigenvalue weighted by molar-refractivity contribution is 5.52. The van der Waals surface area contributed by atoms with Crippen LogP contribution in [0.3, 0.4) is 0 Å². The van der Waals surface area contributed by atoms with Crippen LogP contribution in [0.15, 0.2) is 24.3 Å². The molecule has 0 unspecified atom stereocenters. The van der Waals surface area contributed by atoms with Gasteiger partial charge in [0.15, 0.2) is 0 Å². The smallest absolute Gasteiger partial charge is 0.113 e. The summed E-state index contributed by atoms with van der Waals surface area (Å²) in [5, 5.41) is 16.0. The number of aryl methyl sites for hydroxylation is 2. The zero-order valence-electron chi connectivity index (χ0n) is 8.10. The molecule has 0 aliphatic heterocycles. The fraction of sp³-hybridized carbons (Fsp3) is 0.200. The third-order valence-electron chi connectivity index (χ3n) is 1.86. The van der Waals surface area contributed by atoms with Crippen molar-refractivity contribution in [1.82, 2.24) is 20.4 Å². The van der Waals surface area contributed by atoms with Crippen LogP contribution in [0.4, 0.5) is 0 Å². The maximum atomic E-state index is 4.03. The first-order valence-electron chi connectivity index (χ1n) is 4.37. The van der Waals surface area contributed by atoms with Gasteiger partial charge in [-0.2, -0.15) is 10.2 Å². The Balaban J connectivity index is 2.40. The van der Waals surface area contributed by atoms with Crippen molar-refractivity contribution in [2.45, 2.75) is 13.8 Å². The van der Waals surface area contributed by atoms with Gasteiger partial charge in [0.05, 0.1) is 11.4 Å². The van der Waals surface area contributed by atoms with Gasteiger partial charge in [-0.3, -0.25) is 0 Å². The summed E-state index contributed by atoms with van der Waals surface area (Å²) in [5.74, 6) is 0. The maximum Gasteiger partial charge on any atom is 0.113 e. The molecule has 2 rings (SSSR count). The highest BCUT2D eigenvalue weighted by Gasteiger charge is 2.00. The molecule has 2 aromatic heterocycles. The lowest BCUT2D eigenvalue weighted by Crippen LogP contribution is -1.94. The highest BCUT2D eigenvalue weighted by atomic mass is 15.1. The molecule has 0 atom stereocenters. The average molecular weight is 186 g/mol. The Labute approximate surface area is 82.0 Å². The molecule has 0 N–H and O–H groups in total. The van der Waals surface area contributed by atoms with Crippen LogP contribution in [0.5, 0.6) is 0 Å². The van der Waals surface area contributed by atoms with Gasteiger partial charge < -0.3 is 0 Å². The lowest BCUT2D eigenvalue weighted by atomic mass is 10.2. The lowest BCUT2D eigenvalue weighted by molar-refractivity contribution is 0.946. The topological polar surface area (TPSA) is 51.6 Å². The summed E-state index contributed by atoms with van der Waals surface area (Å²) < 4.78 is 0. The number of hydrogen-bond donors (Lipinski definition) is 0. The predicted molar refractivity (Wildman–Crippen MR) is 52.5 cm³/mol. The van der Waals surface area contributed by atoms with E-state index >= 15 is 0 Å². The van der Waals surface area contributed by atoms with Gasteiger partial charge in [-0.25, -0.2) is 0 Å². The Bertz CT molecular complexity index is 375. The third kappa shape index (κ3) is 1.74. The Morgan fingerprint density at radius 3 is 1.36 bits per heavy atom. The molecular weight excluding hydrogens is 176 g/mol. The van der Waals surface area contributed by atoms with Crippen molar-refractivity contribution in [3.05, 3.63) is 35.7 Å².